The number of Topliss-reactive ketones (excluding diaryl/α,β-unsaturated/α-hetero) is 1. The predicted molar refractivity (Wildman–Crippen MR) is 109 cm³/mol. The second-order valence-electron chi connectivity index (χ2n) is 7.33. The molecule has 3 rings (SSSR count). The van der Waals surface area contributed by atoms with Gasteiger partial charge in [0.05, 0.1) is 32.3 Å². The van der Waals surface area contributed by atoms with E-state index in [0.717, 1.165) is 6.54 Å². The Labute approximate surface area is 174 Å². The van der Waals surface area contributed by atoms with Crippen LogP contribution in [0.1, 0.15) is 23.6 Å². The molecule has 7 heteroatoms. The number of amides is 1. The number of nitrogens with one attached hydrogen (secondary N) is 1. The molecule has 2 aromatic carbocycles. The molecule has 0 bridgehead atoms. The third kappa shape index (κ3) is 4.33. The number of aliphatic hydroxyl groups is 1. The SMILES string of the molecule is C[NH+](C)CCCN1C(=O)C(=O)C(=C(O)c2ccc(Cl)cc2)[C@@H]1c1ccccc1F. The summed E-state index contributed by atoms with van der Waals surface area (Å²) in [7, 11) is 3.98. The highest BCUT2D eigenvalue weighted by atomic mass is 35.5. The first-order chi connectivity index (χ1) is 13.8. The van der Waals surface area contributed by atoms with Crippen LogP contribution < -0.4 is 4.90 Å². The lowest BCUT2D eigenvalue weighted by atomic mass is 9.95. The van der Waals surface area contributed by atoms with Gasteiger partial charge in [-0.05, 0) is 30.3 Å². The van der Waals surface area contributed by atoms with Crippen molar-refractivity contribution in [2.75, 3.05) is 27.2 Å². The van der Waals surface area contributed by atoms with Gasteiger partial charge in [-0.1, -0.05) is 29.8 Å². The number of hydrogen-bond donors (Lipinski definition) is 2. The summed E-state index contributed by atoms with van der Waals surface area (Å²) in [6.07, 6.45) is 0.640. The quantitative estimate of drug-likeness (QED) is 0.431. The molecule has 2 aromatic rings. The van der Waals surface area contributed by atoms with Crippen LogP contribution in [0, 0.1) is 5.82 Å². The summed E-state index contributed by atoms with van der Waals surface area (Å²) in [5.74, 6) is -2.43. The predicted octanol–water partition coefficient (Wildman–Crippen LogP) is 2.44. The minimum absolute atomic E-state index is 0.111. The molecule has 0 unspecified atom stereocenters. The molecule has 1 amide bonds. The molecule has 0 spiro atoms. The summed E-state index contributed by atoms with van der Waals surface area (Å²) in [6, 6.07) is 11.3. The Balaban J connectivity index is 2.11. The first-order valence-electron chi connectivity index (χ1n) is 9.39. The lowest BCUT2D eigenvalue weighted by Gasteiger charge is -2.25. The Morgan fingerprint density at radius 1 is 1.14 bits per heavy atom. The summed E-state index contributed by atoms with van der Waals surface area (Å²) < 4.78 is 14.6. The van der Waals surface area contributed by atoms with Crippen LogP contribution in [0.4, 0.5) is 4.39 Å². The van der Waals surface area contributed by atoms with E-state index in [2.05, 4.69) is 0 Å². The number of hydrogen-bond acceptors (Lipinski definition) is 3. The van der Waals surface area contributed by atoms with Crippen LogP contribution in [0.5, 0.6) is 0 Å². The van der Waals surface area contributed by atoms with E-state index in [1.165, 1.54) is 21.9 Å². The first-order valence-corrected chi connectivity index (χ1v) is 9.77. The van der Waals surface area contributed by atoms with Gasteiger partial charge >= 0.3 is 0 Å². The van der Waals surface area contributed by atoms with E-state index < -0.39 is 23.5 Å². The number of carbonyl (C=O) groups excluding carboxylic acids is 2. The lowest BCUT2D eigenvalue weighted by molar-refractivity contribution is -0.858. The number of aliphatic hydroxyl groups excluding tert-OH is 1. The van der Waals surface area contributed by atoms with Gasteiger partial charge in [0.25, 0.3) is 11.7 Å². The first kappa shape index (κ1) is 21.0. The number of likely N-dealkylation sites (tertiary alicyclic amines) is 1. The Morgan fingerprint density at radius 2 is 1.79 bits per heavy atom. The van der Waals surface area contributed by atoms with E-state index in [0.29, 0.717) is 17.0 Å². The van der Waals surface area contributed by atoms with Gasteiger partial charge in [0.2, 0.25) is 0 Å². The van der Waals surface area contributed by atoms with Crippen molar-refractivity contribution in [1.82, 2.24) is 4.90 Å². The number of benzene rings is 2. The minimum Gasteiger partial charge on any atom is -0.507 e. The maximum absolute atomic E-state index is 14.6. The average molecular weight is 418 g/mol. The molecule has 1 atom stereocenters. The second-order valence-corrected chi connectivity index (χ2v) is 7.77. The van der Waals surface area contributed by atoms with Crippen LogP contribution in [0.3, 0.4) is 0 Å². The van der Waals surface area contributed by atoms with Gasteiger partial charge in [0, 0.05) is 29.1 Å². The highest BCUT2D eigenvalue weighted by Crippen LogP contribution is 2.40. The van der Waals surface area contributed by atoms with E-state index in [1.807, 2.05) is 14.1 Å². The highest BCUT2D eigenvalue weighted by molar-refractivity contribution is 6.46. The van der Waals surface area contributed by atoms with Crippen LogP contribution in [0.25, 0.3) is 5.76 Å². The topological polar surface area (TPSA) is 62.0 Å². The van der Waals surface area contributed by atoms with Gasteiger partial charge in [-0.15, -0.1) is 0 Å². The minimum atomic E-state index is -0.982. The van der Waals surface area contributed by atoms with Gasteiger partial charge in [-0.2, -0.15) is 0 Å². The van der Waals surface area contributed by atoms with Crippen molar-refractivity contribution in [3.8, 4) is 0 Å². The average Bonchev–Trinajstić information content (AvgIpc) is 2.93. The maximum Gasteiger partial charge on any atom is 0.295 e. The smallest absolute Gasteiger partial charge is 0.295 e. The molecule has 0 aromatic heterocycles. The zero-order chi connectivity index (χ0) is 21.1. The van der Waals surface area contributed by atoms with Gasteiger partial charge < -0.3 is 14.9 Å². The molecule has 0 radical (unpaired) electrons. The molecular weight excluding hydrogens is 395 g/mol. The van der Waals surface area contributed by atoms with E-state index in [4.69, 9.17) is 11.6 Å². The van der Waals surface area contributed by atoms with E-state index in [1.54, 1.807) is 36.4 Å². The summed E-state index contributed by atoms with van der Waals surface area (Å²) in [5.41, 5.74) is 0.408. The summed E-state index contributed by atoms with van der Waals surface area (Å²) in [4.78, 5) is 28.1. The van der Waals surface area contributed by atoms with E-state index >= 15 is 0 Å². The molecule has 0 aliphatic carbocycles. The third-order valence-electron chi connectivity index (χ3n) is 4.93. The van der Waals surface area contributed by atoms with Crippen molar-refractivity contribution in [2.24, 2.45) is 0 Å². The molecule has 5 nitrogen and oxygen atoms in total. The third-order valence-corrected chi connectivity index (χ3v) is 5.19. The van der Waals surface area contributed by atoms with Gasteiger partial charge in [0.15, 0.2) is 0 Å². The molecule has 1 aliphatic rings. The molecule has 2 N–H and O–H groups in total. The highest BCUT2D eigenvalue weighted by Gasteiger charge is 2.46. The Morgan fingerprint density at radius 3 is 2.41 bits per heavy atom. The zero-order valence-corrected chi connectivity index (χ0v) is 17.0. The monoisotopic (exact) mass is 417 g/mol. The molecule has 1 saturated heterocycles. The molecule has 29 heavy (non-hydrogen) atoms. The number of quaternary nitrogens is 1. The fourth-order valence-electron chi connectivity index (χ4n) is 3.50. The molecule has 152 valence electrons. The van der Waals surface area contributed by atoms with Gasteiger partial charge in [-0.25, -0.2) is 4.39 Å². The summed E-state index contributed by atoms with van der Waals surface area (Å²) in [5, 5.41) is 11.3. The Kier molecular flexibility index (Phi) is 6.35. The summed E-state index contributed by atoms with van der Waals surface area (Å²) >= 11 is 5.90. The number of halogens is 2. The van der Waals surface area contributed by atoms with Crippen LogP contribution in [0.15, 0.2) is 54.1 Å². The number of carbonyl (C=O) groups is 2. The van der Waals surface area contributed by atoms with Crippen LogP contribution in [0.2, 0.25) is 5.02 Å². The molecule has 1 heterocycles. The zero-order valence-electron chi connectivity index (χ0n) is 16.3. The van der Waals surface area contributed by atoms with Gasteiger partial charge in [0.1, 0.15) is 11.6 Å². The van der Waals surface area contributed by atoms with Crippen molar-refractivity contribution in [2.45, 2.75) is 12.5 Å². The maximum atomic E-state index is 14.6. The van der Waals surface area contributed by atoms with Crippen LogP contribution in [-0.2, 0) is 9.59 Å². The van der Waals surface area contributed by atoms with Crippen molar-refractivity contribution in [3.05, 3.63) is 76.1 Å². The molecule has 1 aliphatic heterocycles. The molecule has 1 fully saturated rings. The Bertz CT molecular complexity index is 957. The second kappa shape index (κ2) is 8.76. The summed E-state index contributed by atoms with van der Waals surface area (Å²) in [6.45, 7) is 1.07. The lowest BCUT2D eigenvalue weighted by Crippen LogP contribution is -3.05. The molecule has 0 saturated carbocycles. The van der Waals surface area contributed by atoms with E-state index in [-0.39, 0.29) is 23.4 Å². The van der Waals surface area contributed by atoms with Crippen molar-refractivity contribution in [1.29, 1.82) is 0 Å². The number of nitrogens with zero attached hydrogens (tertiary/aromatic N) is 1. The van der Waals surface area contributed by atoms with Crippen LogP contribution in [-0.4, -0.2) is 48.9 Å². The van der Waals surface area contributed by atoms with E-state index in [9.17, 15) is 19.1 Å². The normalized spacial score (nSPS) is 18.7. The van der Waals surface area contributed by atoms with Crippen molar-refractivity contribution >= 4 is 29.1 Å². The number of ketones is 1. The fourth-order valence-corrected chi connectivity index (χ4v) is 3.62. The standard InChI is InChI=1S/C22H22ClFN2O3/c1-25(2)12-5-13-26-19(16-6-3-4-7-17(16)24)18(21(28)22(26)29)20(27)14-8-10-15(23)11-9-14/h3-4,6-11,19,27H,5,12-13H2,1-2H3/p+1/t19-/m0/s1. The van der Waals surface area contributed by atoms with Crippen molar-refractivity contribution in [3.63, 3.8) is 0 Å². The van der Waals surface area contributed by atoms with Crippen molar-refractivity contribution < 1.29 is 24.0 Å². The number of rotatable bonds is 6. The largest absolute Gasteiger partial charge is 0.507 e. The fraction of sp³-hybridized carbons (Fsp3) is 0.273. The molecular formula is C22H23ClFN2O3+. The van der Waals surface area contributed by atoms with Gasteiger partial charge in [-0.3, -0.25) is 9.59 Å². The Hall–Kier alpha value is -2.70. The van der Waals surface area contributed by atoms with Crippen LogP contribution >= 0.6 is 11.6 Å².